The van der Waals surface area contributed by atoms with Crippen LogP contribution in [-0.4, -0.2) is 34.2 Å². The third-order valence-corrected chi connectivity index (χ3v) is 7.07. The summed E-state index contributed by atoms with van der Waals surface area (Å²) in [5.41, 5.74) is 2.95. The summed E-state index contributed by atoms with van der Waals surface area (Å²) in [6.45, 7) is 8.72. The summed E-state index contributed by atoms with van der Waals surface area (Å²) >= 11 is 1.61. The highest BCUT2D eigenvalue weighted by Crippen LogP contribution is 2.24. The maximum absolute atomic E-state index is 13.6. The molecular weight excluding hydrogens is 447 g/mol. The topological polar surface area (TPSA) is 40.6 Å². The van der Waals surface area contributed by atoms with Crippen LogP contribution in [0.1, 0.15) is 54.7 Å². The van der Waals surface area contributed by atoms with Gasteiger partial charge in [0.25, 0.3) is 0 Å². The minimum absolute atomic E-state index is 0.00541. The molecule has 4 nitrogen and oxygen atoms in total. The molecule has 0 aliphatic heterocycles. The Balaban J connectivity index is 1.83. The van der Waals surface area contributed by atoms with Crippen molar-refractivity contribution < 1.29 is 14.0 Å². The molecule has 0 saturated carbocycles. The van der Waals surface area contributed by atoms with Crippen molar-refractivity contribution in [1.29, 1.82) is 0 Å². The quantitative estimate of drug-likeness (QED) is 0.349. The molecule has 1 atom stereocenters. The largest absolute Gasteiger partial charge is 0.332 e. The second kappa shape index (κ2) is 11.9. The van der Waals surface area contributed by atoms with Gasteiger partial charge in [-0.25, -0.2) is 4.39 Å². The van der Waals surface area contributed by atoms with Gasteiger partial charge in [-0.1, -0.05) is 49.4 Å². The SMILES string of the molecule is CC[C@H](C(=O)N(CC(=O)N(Cc1ccc(F)cc1)Cc1sccc1C)C(C)C)c1ccccc1. The first-order chi connectivity index (χ1) is 16.3. The van der Waals surface area contributed by atoms with Crippen LogP contribution in [0.15, 0.2) is 66.0 Å². The Morgan fingerprint density at radius 2 is 1.65 bits per heavy atom. The van der Waals surface area contributed by atoms with E-state index in [1.54, 1.807) is 33.3 Å². The van der Waals surface area contributed by atoms with Gasteiger partial charge in [0.1, 0.15) is 12.4 Å². The zero-order valence-corrected chi connectivity index (χ0v) is 21.1. The van der Waals surface area contributed by atoms with Gasteiger partial charge in [0.2, 0.25) is 11.8 Å². The first-order valence-corrected chi connectivity index (χ1v) is 12.6. The molecule has 3 rings (SSSR count). The number of nitrogens with zero attached hydrogens (tertiary/aromatic N) is 2. The Hall–Kier alpha value is -2.99. The van der Waals surface area contributed by atoms with Crippen molar-refractivity contribution in [2.75, 3.05) is 6.54 Å². The monoisotopic (exact) mass is 480 g/mol. The fourth-order valence-electron chi connectivity index (χ4n) is 3.98. The summed E-state index contributed by atoms with van der Waals surface area (Å²) in [7, 11) is 0. The van der Waals surface area contributed by atoms with Gasteiger partial charge in [-0.3, -0.25) is 9.59 Å². The Kier molecular flexibility index (Phi) is 8.99. The van der Waals surface area contributed by atoms with Gasteiger partial charge in [-0.15, -0.1) is 11.3 Å². The van der Waals surface area contributed by atoms with E-state index in [0.717, 1.165) is 21.6 Å². The maximum Gasteiger partial charge on any atom is 0.242 e. The van der Waals surface area contributed by atoms with E-state index in [4.69, 9.17) is 0 Å². The Morgan fingerprint density at radius 3 is 2.21 bits per heavy atom. The molecule has 1 heterocycles. The molecule has 0 aliphatic rings. The van der Waals surface area contributed by atoms with E-state index in [0.29, 0.717) is 19.5 Å². The number of carbonyl (C=O) groups is 2. The summed E-state index contributed by atoms with van der Waals surface area (Å²) < 4.78 is 13.4. The van der Waals surface area contributed by atoms with Crippen LogP contribution in [0.2, 0.25) is 0 Å². The van der Waals surface area contributed by atoms with E-state index in [1.807, 2.05) is 69.5 Å². The van der Waals surface area contributed by atoms with Crippen LogP contribution in [0.5, 0.6) is 0 Å². The number of carbonyl (C=O) groups excluding carboxylic acids is 2. The highest BCUT2D eigenvalue weighted by molar-refractivity contribution is 7.10. The van der Waals surface area contributed by atoms with Crippen LogP contribution in [0.3, 0.4) is 0 Å². The smallest absolute Gasteiger partial charge is 0.242 e. The van der Waals surface area contributed by atoms with Crippen molar-refractivity contribution in [3.05, 3.63) is 93.4 Å². The maximum atomic E-state index is 13.6. The average molecular weight is 481 g/mol. The molecule has 0 unspecified atom stereocenters. The summed E-state index contributed by atoms with van der Waals surface area (Å²) in [4.78, 5) is 31.7. The fourth-order valence-corrected chi connectivity index (χ4v) is 4.90. The van der Waals surface area contributed by atoms with Crippen molar-refractivity contribution >= 4 is 23.2 Å². The van der Waals surface area contributed by atoms with Gasteiger partial charge in [0, 0.05) is 17.5 Å². The lowest BCUT2D eigenvalue weighted by molar-refractivity contribution is -0.143. The Morgan fingerprint density at radius 1 is 0.971 bits per heavy atom. The van der Waals surface area contributed by atoms with Gasteiger partial charge in [0.05, 0.1) is 12.5 Å². The molecule has 1 aromatic heterocycles. The van der Waals surface area contributed by atoms with Crippen molar-refractivity contribution in [2.24, 2.45) is 0 Å². The van der Waals surface area contributed by atoms with Gasteiger partial charge in [0.15, 0.2) is 0 Å². The Labute approximate surface area is 206 Å². The lowest BCUT2D eigenvalue weighted by atomic mass is 9.94. The number of aryl methyl sites for hydroxylation is 1. The van der Waals surface area contributed by atoms with Crippen molar-refractivity contribution in [3.63, 3.8) is 0 Å². The normalized spacial score (nSPS) is 11.9. The molecule has 0 fully saturated rings. The summed E-state index contributed by atoms with van der Waals surface area (Å²) in [5.74, 6) is -0.756. The molecule has 0 spiro atoms. The van der Waals surface area contributed by atoms with Gasteiger partial charge >= 0.3 is 0 Å². The number of hydrogen-bond donors (Lipinski definition) is 0. The lowest BCUT2D eigenvalue weighted by Crippen LogP contribution is -2.47. The van der Waals surface area contributed by atoms with E-state index < -0.39 is 0 Å². The lowest BCUT2D eigenvalue weighted by Gasteiger charge is -2.32. The van der Waals surface area contributed by atoms with E-state index >= 15 is 0 Å². The van der Waals surface area contributed by atoms with Crippen molar-refractivity contribution in [3.8, 4) is 0 Å². The molecule has 0 N–H and O–H groups in total. The second-order valence-electron chi connectivity index (χ2n) is 8.83. The number of benzene rings is 2. The third-order valence-electron chi connectivity index (χ3n) is 6.06. The fraction of sp³-hybridized carbons (Fsp3) is 0.357. The summed E-state index contributed by atoms with van der Waals surface area (Å²) in [6, 6.07) is 17.9. The first kappa shape index (κ1) is 25.6. The predicted octanol–water partition coefficient (Wildman–Crippen LogP) is 6.16. The van der Waals surface area contributed by atoms with Crippen LogP contribution in [0.25, 0.3) is 0 Å². The molecule has 0 radical (unpaired) electrons. The zero-order chi connectivity index (χ0) is 24.7. The summed E-state index contributed by atoms with van der Waals surface area (Å²) in [6.07, 6.45) is 0.661. The van der Waals surface area contributed by atoms with E-state index in [-0.39, 0.29) is 36.1 Å². The van der Waals surface area contributed by atoms with Crippen LogP contribution < -0.4 is 0 Å². The Bertz CT molecular complexity index is 1080. The van der Waals surface area contributed by atoms with Crippen LogP contribution >= 0.6 is 11.3 Å². The van der Waals surface area contributed by atoms with E-state index in [2.05, 4.69) is 0 Å². The number of thiophene rings is 1. The molecule has 180 valence electrons. The zero-order valence-electron chi connectivity index (χ0n) is 20.3. The molecule has 0 saturated heterocycles. The summed E-state index contributed by atoms with van der Waals surface area (Å²) in [5, 5.41) is 2.01. The molecule has 0 bridgehead atoms. The molecular formula is C28H33FN2O2S. The van der Waals surface area contributed by atoms with Gasteiger partial charge in [-0.2, -0.15) is 0 Å². The number of amides is 2. The molecule has 2 amide bonds. The predicted molar refractivity (Wildman–Crippen MR) is 136 cm³/mol. The molecule has 34 heavy (non-hydrogen) atoms. The standard InChI is InChI=1S/C28H33FN2O2S/c1-5-25(23-9-7-6-8-10-23)28(33)31(20(2)3)19-27(32)30(18-26-21(4)15-16-34-26)17-22-11-13-24(29)14-12-22/h6-16,20,25H,5,17-19H2,1-4H3/t25-/m0/s1. The number of halogens is 1. The minimum Gasteiger partial charge on any atom is -0.332 e. The second-order valence-corrected chi connectivity index (χ2v) is 9.84. The van der Waals surface area contributed by atoms with Gasteiger partial charge in [-0.05, 0) is 67.5 Å². The number of hydrogen-bond acceptors (Lipinski definition) is 3. The van der Waals surface area contributed by atoms with Crippen molar-refractivity contribution in [2.45, 2.75) is 59.2 Å². The molecule has 3 aromatic rings. The molecule has 2 aromatic carbocycles. The number of rotatable bonds is 10. The third kappa shape index (κ3) is 6.54. The average Bonchev–Trinajstić information content (AvgIpc) is 3.23. The highest BCUT2D eigenvalue weighted by Gasteiger charge is 2.29. The van der Waals surface area contributed by atoms with Crippen LogP contribution in [0, 0.1) is 12.7 Å². The first-order valence-electron chi connectivity index (χ1n) is 11.7. The van der Waals surface area contributed by atoms with Crippen LogP contribution in [-0.2, 0) is 22.7 Å². The molecule has 0 aliphatic carbocycles. The molecule has 6 heteroatoms. The minimum atomic E-state index is -0.307. The van der Waals surface area contributed by atoms with Crippen molar-refractivity contribution in [1.82, 2.24) is 9.80 Å². The van der Waals surface area contributed by atoms with E-state index in [9.17, 15) is 14.0 Å². The highest BCUT2D eigenvalue weighted by atomic mass is 32.1. The van der Waals surface area contributed by atoms with Gasteiger partial charge < -0.3 is 9.80 Å². The van der Waals surface area contributed by atoms with E-state index in [1.165, 1.54) is 12.1 Å². The van der Waals surface area contributed by atoms with Crippen LogP contribution in [0.4, 0.5) is 4.39 Å².